The summed E-state index contributed by atoms with van der Waals surface area (Å²) in [4.78, 5) is 0. The third kappa shape index (κ3) is 1.99. The van der Waals surface area contributed by atoms with Gasteiger partial charge in [0.1, 0.15) is 5.76 Å². The Balaban J connectivity index is 2.12. The van der Waals surface area contributed by atoms with Crippen molar-refractivity contribution < 1.29 is 12.8 Å². The van der Waals surface area contributed by atoms with Gasteiger partial charge in [-0.05, 0) is 18.6 Å². The molecule has 78 valence electrons. The van der Waals surface area contributed by atoms with Crippen LogP contribution in [0.5, 0.6) is 0 Å². The molecule has 2 heterocycles. The van der Waals surface area contributed by atoms with Crippen molar-refractivity contribution >= 4 is 9.84 Å². The largest absolute Gasteiger partial charge is 0.469 e. The van der Waals surface area contributed by atoms with Gasteiger partial charge in [-0.25, -0.2) is 8.42 Å². The Kier molecular flexibility index (Phi) is 2.16. The lowest BCUT2D eigenvalue weighted by Crippen LogP contribution is -2.43. The van der Waals surface area contributed by atoms with Gasteiger partial charge in [-0.15, -0.1) is 0 Å². The average molecular weight is 215 g/mol. The maximum atomic E-state index is 11.3. The number of nitrogens with two attached hydrogens (primary N) is 1. The van der Waals surface area contributed by atoms with Gasteiger partial charge < -0.3 is 10.2 Å². The highest BCUT2D eigenvalue weighted by atomic mass is 32.2. The molecule has 1 aliphatic rings. The van der Waals surface area contributed by atoms with E-state index in [2.05, 4.69) is 0 Å². The van der Waals surface area contributed by atoms with Crippen molar-refractivity contribution in [3.63, 3.8) is 0 Å². The van der Waals surface area contributed by atoms with E-state index in [0.717, 1.165) is 5.76 Å². The summed E-state index contributed by atoms with van der Waals surface area (Å²) in [6, 6.07) is 3.60. The fraction of sp³-hybridized carbons (Fsp3) is 0.556. The van der Waals surface area contributed by atoms with Gasteiger partial charge in [-0.2, -0.15) is 0 Å². The zero-order valence-electron chi connectivity index (χ0n) is 7.77. The van der Waals surface area contributed by atoms with Crippen LogP contribution in [0, 0.1) is 0 Å². The van der Waals surface area contributed by atoms with Crippen LogP contribution in [0.2, 0.25) is 0 Å². The number of sulfone groups is 1. The van der Waals surface area contributed by atoms with Crippen molar-refractivity contribution in [2.75, 3.05) is 11.5 Å². The first kappa shape index (κ1) is 9.73. The molecule has 0 amide bonds. The molecule has 0 aromatic carbocycles. The van der Waals surface area contributed by atoms with Crippen LogP contribution in [-0.2, 0) is 16.3 Å². The van der Waals surface area contributed by atoms with Gasteiger partial charge in [0.2, 0.25) is 0 Å². The second kappa shape index (κ2) is 3.10. The maximum absolute atomic E-state index is 11.3. The highest BCUT2D eigenvalue weighted by molar-refractivity contribution is 7.91. The summed E-state index contributed by atoms with van der Waals surface area (Å²) in [6.07, 6.45) is 2.59. The predicted molar refractivity (Wildman–Crippen MR) is 52.6 cm³/mol. The second-order valence-electron chi connectivity index (χ2n) is 3.96. The number of hydrogen-bond donors (Lipinski definition) is 1. The zero-order chi connectivity index (χ0) is 10.2. The van der Waals surface area contributed by atoms with E-state index in [1.165, 1.54) is 0 Å². The molecule has 2 rings (SSSR count). The standard InChI is InChI=1S/C9H13NO3S/c10-9(3-5-14(11,12)7-9)6-8-2-1-4-13-8/h1-2,4H,3,5-7,10H2. The Morgan fingerprint density at radius 1 is 1.57 bits per heavy atom. The van der Waals surface area contributed by atoms with Crippen molar-refractivity contribution in [3.8, 4) is 0 Å². The quantitative estimate of drug-likeness (QED) is 0.772. The smallest absolute Gasteiger partial charge is 0.152 e. The third-order valence-corrected chi connectivity index (χ3v) is 4.37. The van der Waals surface area contributed by atoms with Crippen molar-refractivity contribution in [2.45, 2.75) is 18.4 Å². The van der Waals surface area contributed by atoms with Gasteiger partial charge in [-0.3, -0.25) is 0 Å². The summed E-state index contributed by atoms with van der Waals surface area (Å²) in [6.45, 7) is 0. The minimum atomic E-state index is -2.92. The van der Waals surface area contributed by atoms with Crippen LogP contribution in [0.4, 0.5) is 0 Å². The minimum absolute atomic E-state index is 0.0701. The van der Waals surface area contributed by atoms with E-state index in [9.17, 15) is 8.42 Å². The molecule has 4 nitrogen and oxygen atoms in total. The molecule has 0 saturated carbocycles. The molecule has 1 fully saturated rings. The Morgan fingerprint density at radius 3 is 2.86 bits per heavy atom. The topological polar surface area (TPSA) is 73.3 Å². The van der Waals surface area contributed by atoms with Crippen LogP contribution >= 0.6 is 0 Å². The van der Waals surface area contributed by atoms with Gasteiger partial charge >= 0.3 is 0 Å². The van der Waals surface area contributed by atoms with Gasteiger partial charge in [-0.1, -0.05) is 0 Å². The van der Waals surface area contributed by atoms with Gasteiger partial charge in [0, 0.05) is 12.0 Å². The van der Waals surface area contributed by atoms with Crippen LogP contribution < -0.4 is 5.73 Å². The molecular formula is C9H13NO3S. The summed E-state index contributed by atoms with van der Waals surface area (Å²) in [7, 11) is -2.92. The van der Waals surface area contributed by atoms with Crippen molar-refractivity contribution in [2.24, 2.45) is 5.73 Å². The lowest BCUT2D eigenvalue weighted by Gasteiger charge is -2.19. The van der Waals surface area contributed by atoms with E-state index in [-0.39, 0.29) is 11.5 Å². The molecule has 2 N–H and O–H groups in total. The van der Waals surface area contributed by atoms with E-state index in [4.69, 9.17) is 10.2 Å². The molecule has 1 aromatic heterocycles. The Labute approximate surface area is 83.0 Å². The molecule has 1 aliphatic heterocycles. The van der Waals surface area contributed by atoms with Crippen molar-refractivity contribution in [3.05, 3.63) is 24.2 Å². The Bertz CT molecular complexity index is 409. The fourth-order valence-electron chi connectivity index (χ4n) is 1.84. The normalized spacial score (nSPS) is 30.6. The Morgan fingerprint density at radius 2 is 2.36 bits per heavy atom. The summed E-state index contributed by atoms with van der Waals surface area (Å²) in [5.74, 6) is 1.02. The van der Waals surface area contributed by atoms with E-state index >= 15 is 0 Å². The molecule has 0 aliphatic carbocycles. The van der Waals surface area contributed by atoms with Crippen LogP contribution in [0.3, 0.4) is 0 Å². The number of rotatable bonds is 2. The molecule has 1 unspecified atom stereocenters. The summed E-state index contributed by atoms with van der Waals surface area (Å²) in [5, 5.41) is 0. The van der Waals surface area contributed by atoms with Crippen LogP contribution in [0.15, 0.2) is 22.8 Å². The van der Waals surface area contributed by atoms with Crippen LogP contribution in [0.25, 0.3) is 0 Å². The van der Waals surface area contributed by atoms with Crippen molar-refractivity contribution in [1.82, 2.24) is 0 Å². The fourth-order valence-corrected chi connectivity index (χ4v) is 3.82. The van der Waals surface area contributed by atoms with Gasteiger partial charge in [0.15, 0.2) is 9.84 Å². The molecule has 14 heavy (non-hydrogen) atoms. The van der Waals surface area contributed by atoms with Gasteiger partial charge in [0.25, 0.3) is 0 Å². The number of hydrogen-bond acceptors (Lipinski definition) is 4. The lowest BCUT2D eigenvalue weighted by molar-refractivity contribution is 0.411. The molecule has 1 atom stereocenters. The molecule has 0 bridgehead atoms. The predicted octanol–water partition coefficient (Wildman–Crippen LogP) is 0.338. The average Bonchev–Trinajstić information content (AvgIpc) is 2.60. The monoisotopic (exact) mass is 215 g/mol. The second-order valence-corrected chi connectivity index (χ2v) is 6.14. The zero-order valence-corrected chi connectivity index (χ0v) is 8.59. The lowest BCUT2D eigenvalue weighted by atomic mass is 9.95. The molecule has 0 spiro atoms. The summed E-state index contributed by atoms with van der Waals surface area (Å²) < 4.78 is 27.7. The molecule has 0 radical (unpaired) electrons. The summed E-state index contributed by atoms with van der Waals surface area (Å²) in [5.41, 5.74) is 5.36. The van der Waals surface area contributed by atoms with E-state index < -0.39 is 15.4 Å². The molecule has 5 heteroatoms. The number of furan rings is 1. The Hall–Kier alpha value is -0.810. The molecule has 1 saturated heterocycles. The first-order valence-electron chi connectivity index (χ1n) is 4.51. The van der Waals surface area contributed by atoms with Crippen molar-refractivity contribution in [1.29, 1.82) is 0 Å². The molecular weight excluding hydrogens is 202 g/mol. The van der Waals surface area contributed by atoms with E-state index in [0.29, 0.717) is 12.8 Å². The summed E-state index contributed by atoms with van der Waals surface area (Å²) >= 11 is 0. The highest BCUT2D eigenvalue weighted by Gasteiger charge is 2.39. The molecule has 1 aromatic rings. The van der Waals surface area contributed by atoms with Crippen LogP contribution in [-0.4, -0.2) is 25.5 Å². The minimum Gasteiger partial charge on any atom is -0.469 e. The SMILES string of the molecule is NC1(Cc2ccco2)CCS(=O)(=O)C1. The third-order valence-electron chi connectivity index (χ3n) is 2.52. The van der Waals surface area contributed by atoms with Crippen LogP contribution in [0.1, 0.15) is 12.2 Å². The maximum Gasteiger partial charge on any atom is 0.152 e. The van der Waals surface area contributed by atoms with E-state index in [1.807, 2.05) is 6.07 Å². The highest BCUT2D eigenvalue weighted by Crippen LogP contribution is 2.24. The first-order chi connectivity index (χ1) is 6.49. The first-order valence-corrected chi connectivity index (χ1v) is 6.33. The van der Waals surface area contributed by atoms with Gasteiger partial charge in [0.05, 0.1) is 17.8 Å². The van der Waals surface area contributed by atoms with E-state index in [1.54, 1.807) is 12.3 Å².